The van der Waals surface area contributed by atoms with Crippen molar-refractivity contribution in [2.75, 3.05) is 33.4 Å². The summed E-state index contributed by atoms with van der Waals surface area (Å²) in [6, 6.07) is 2.94. The number of methoxy groups -OCH3 is 1. The Bertz CT molecular complexity index is 412. The Morgan fingerprint density at radius 1 is 1.55 bits per heavy atom. The van der Waals surface area contributed by atoms with Crippen LogP contribution in [0.1, 0.15) is 25.1 Å². The number of hydrogen-bond donors (Lipinski definition) is 1. The van der Waals surface area contributed by atoms with Crippen molar-refractivity contribution in [2.45, 2.75) is 19.4 Å². The second-order valence-corrected chi connectivity index (χ2v) is 5.77. The molecule has 1 aliphatic heterocycles. The highest BCUT2D eigenvalue weighted by atomic mass is 19.1. The van der Waals surface area contributed by atoms with Crippen molar-refractivity contribution in [3.63, 3.8) is 0 Å². The number of likely N-dealkylation sites (tertiary alicyclic amines) is 1. The van der Waals surface area contributed by atoms with Crippen molar-refractivity contribution in [1.29, 1.82) is 0 Å². The molecule has 0 radical (unpaired) electrons. The molecule has 20 heavy (non-hydrogen) atoms. The van der Waals surface area contributed by atoms with E-state index in [2.05, 4.69) is 16.8 Å². The Kier molecular flexibility index (Phi) is 5.46. The summed E-state index contributed by atoms with van der Waals surface area (Å²) >= 11 is 0. The van der Waals surface area contributed by atoms with Gasteiger partial charge < -0.3 is 15.4 Å². The second-order valence-electron chi connectivity index (χ2n) is 5.77. The summed E-state index contributed by atoms with van der Waals surface area (Å²) in [5, 5.41) is 0. The first-order valence-electron chi connectivity index (χ1n) is 7.18. The minimum absolute atomic E-state index is 0.155. The monoisotopic (exact) mass is 281 g/mol. The van der Waals surface area contributed by atoms with E-state index in [-0.39, 0.29) is 17.8 Å². The lowest BCUT2D eigenvalue weighted by molar-refractivity contribution is 0.150. The van der Waals surface area contributed by atoms with Crippen LogP contribution < -0.4 is 5.73 Å². The molecule has 2 N–H and O–H groups in total. The predicted molar refractivity (Wildman–Crippen MR) is 76.7 cm³/mol. The Hall–Kier alpha value is -1.04. The molecule has 0 spiro atoms. The van der Waals surface area contributed by atoms with E-state index in [9.17, 15) is 4.39 Å². The summed E-state index contributed by atoms with van der Waals surface area (Å²) in [5.74, 6) is 0.595. The van der Waals surface area contributed by atoms with E-state index in [1.54, 1.807) is 13.2 Å². The van der Waals surface area contributed by atoms with Crippen LogP contribution in [-0.2, 0) is 4.74 Å². The quantitative estimate of drug-likeness (QED) is 0.864. The molecule has 5 heteroatoms. The van der Waals surface area contributed by atoms with Gasteiger partial charge in [0, 0.05) is 20.2 Å². The van der Waals surface area contributed by atoms with Crippen LogP contribution in [0.3, 0.4) is 0 Å². The van der Waals surface area contributed by atoms with E-state index in [1.165, 1.54) is 18.7 Å². The van der Waals surface area contributed by atoms with Gasteiger partial charge in [-0.1, -0.05) is 6.92 Å². The summed E-state index contributed by atoms with van der Waals surface area (Å²) < 4.78 is 18.1. The van der Waals surface area contributed by atoms with Crippen LogP contribution in [0, 0.1) is 17.7 Å². The largest absolute Gasteiger partial charge is 0.384 e. The maximum Gasteiger partial charge on any atom is 0.141 e. The topological polar surface area (TPSA) is 51.4 Å². The lowest BCUT2D eigenvalue weighted by Gasteiger charge is -2.25. The summed E-state index contributed by atoms with van der Waals surface area (Å²) in [6.07, 6.45) is 2.41. The van der Waals surface area contributed by atoms with E-state index in [4.69, 9.17) is 10.5 Å². The van der Waals surface area contributed by atoms with Crippen molar-refractivity contribution in [1.82, 2.24) is 9.88 Å². The van der Waals surface area contributed by atoms with Crippen LogP contribution in [0.5, 0.6) is 0 Å². The average molecular weight is 281 g/mol. The highest BCUT2D eigenvalue weighted by molar-refractivity contribution is 5.10. The van der Waals surface area contributed by atoms with Gasteiger partial charge in [0.2, 0.25) is 0 Å². The first kappa shape index (κ1) is 15.4. The number of aromatic nitrogens is 1. The normalized spacial score (nSPS) is 22.9. The molecule has 3 atom stereocenters. The SMILES string of the molecule is COCC1CCN(CC(C)C(N)c2ccc(F)cn2)C1. The second kappa shape index (κ2) is 7.11. The molecule has 1 aromatic rings. The molecule has 0 bridgehead atoms. The smallest absolute Gasteiger partial charge is 0.141 e. The fourth-order valence-electron chi connectivity index (χ4n) is 2.85. The van der Waals surface area contributed by atoms with Gasteiger partial charge in [-0.3, -0.25) is 4.98 Å². The van der Waals surface area contributed by atoms with Gasteiger partial charge in [0.05, 0.1) is 24.5 Å². The van der Waals surface area contributed by atoms with Gasteiger partial charge in [-0.2, -0.15) is 0 Å². The predicted octanol–water partition coefficient (Wildman–Crippen LogP) is 1.82. The molecule has 2 rings (SSSR count). The molecular formula is C15H24FN3O. The number of nitrogens with two attached hydrogens (primary N) is 1. The van der Waals surface area contributed by atoms with Gasteiger partial charge in [-0.05, 0) is 36.9 Å². The minimum Gasteiger partial charge on any atom is -0.384 e. The van der Waals surface area contributed by atoms with Gasteiger partial charge in [-0.25, -0.2) is 4.39 Å². The maximum atomic E-state index is 12.9. The molecule has 1 aliphatic rings. The molecule has 4 nitrogen and oxygen atoms in total. The molecule has 1 fully saturated rings. The molecular weight excluding hydrogens is 257 g/mol. The first-order chi connectivity index (χ1) is 9.60. The maximum absolute atomic E-state index is 12.9. The molecule has 2 heterocycles. The Balaban J connectivity index is 1.85. The van der Waals surface area contributed by atoms with Gasteiger partial charge in [-0.15, -0.1) is 0 Å². The molecule has 0 aromatic carbocycles. The number of halogens is 1. The third kappa shape index (κ3) is 3.98. The summed E-state index contributed by atoms with van der Waals surface area (Å²) in [7, 11) is 1.75. The molecule has 0 amide bonds. The third-order valence-electron chi connectivity index (χ3n) is 4.02. The Morgan fingerprint density at radius 2 is 2.35 bits per heavy atom. The fourth-order valence-corrected chi connectivity index (χ4v) is 2.85. The highest BCUT2D eigenvalue weighted by Gasteiger charge is 2.26. The van der Waals surface area contributed by atoms with Crippen LogP contribution in [-0.4, -0.2) is 43.2 Å². The van der Waals surface area contributed by atoms with Gasteiger partial charge in [0.1, 0.15) is 5.82 Å². The van der Waals surface area contributed by atoms with Crippen molar-refractivity contribution in [2.24, 2.45) is 17.6 Å². The molecule has 0 aliphatic carbocycles. The lowest BCUT2D eigenvalue weighted by Crippen LogP contribution is -2.33. The zero-order chi connectivity index (χ0) is 14.5. The Morgan fingerprint density at radius 3 is 3.00 bits per heavy atom. The van der Waals surface area contributed by atoms with E-state index >= 15 is 0 Å². The lowest BCUT2D eigenvalue weighted by atomic mass is 9.98. The number of rotatable bonds is 6. The van der Waals surface area contributed by atoms with Crippen LogP contribution >= 0.6 is 0 Å². The Labute approximate surface area is 120 Å². The van der Waals surface area contributed by atoms with Crippen molar-refractivity contribution >= 4 is 0 Å². The molecule has 1 saturated heterocycles. The zero-order valence-electron chi connectivity index (χ0n) is 12.3. The molecule has 1 aromatic heterocycles. The minimum atomic E-state index is -0.324. The number of ether oxygens (including phenoxy) is 1. The summed E-state index contributed by atoms with van der Waals surface area (Å²) in [6.45, 7) is 6.07. The average Bonchev–Trinajstić information content (AvgIpc) is 2.86. The van der Waals surface area contributed by atoms with Crippen molar-refractivity contribution < 1.29 is 9.13 Å². The van der Waals surface area contributed by atoms with Crippen LogP contribution in [0.25, 0.3) is 0 Å². The molecule has 112 valence electrons. The van der Waals surface area contributed by atoms with Gasteiger partial charge >= 0.3 is 0 Å². The highest BCUT2D eigenvalue weighted by Crippen LogP contribution is 2.22. The molecule has 0 saturated carbocycles. The van der Waals surface area contributed by atoms with Gasteiger partial charge in [0.15, 0.2) is 0 Å². The standard InChI is InChI=1S/C15H24FN3O/c1-11(8-19-6-5-12(9-19)10-20-2)15(17)14-4-3-13(16)7-18-14/h3-4,7,11-12,15H,5-6,8-10,17H2,1-2H3. The van der Waals surface area contributed by atoms with Crippen molar-refractivity contribution in [3.8, 4) is 0 Å². The van der Waals surface area contributed by atoms with E-state index in [1.807, 2.05) is 0 Å². The van der Waals surface area contributed by atoms with E-state index < -0.39 is 0 Å². The first-order valence-corrected chi connectivity index (χ1v) is 7.18. The fraction of sp³-hybridized carbons (Fsp3) is 0.667. The third-order valence-corrected chi connectivity index (χ3v) is 4.02. The van der Waals surface area contributed by atoms with Crippen LogP contribution in [0.2, 0.25) is 0 Å². The van der Waals surface area contributed by atoms with E-state index in [0.717, 1.165) is 31.9 Å². The van der Waals surface area contributed by atoms with Gasteiger partial charge in [0.25, 0.3) is 0 Å². The number of hydrogen-bond acceptors (Lipinski definition) is 4. The zero-order valence-corrected chi connectivity index (χ0v) is 12.3. The van der Waals surface area contributed by atoms with Crippen LogP contribution in [0.15, 0.2) is 18.3 Å². The summed E-state index contributed by atoms with van der Waals surface area (Å²) in [5.41, 5.74) is 6.98. The number of pyridine rings is 1. The van der Waals surface area contributed by atoms with Crippen molar-refractivity contribution in [3.05, 3.63) is 29.8 Å². The number of nitrogens with zero attached hydrogens (tertiary/aromatic N) is 2. The summed E-state index contributed by atoms with van der Waals surface area (Å²) in [4.78, 5) is 6.51. The molecule has 3 unspecified atom stereocenters. The van der Waals surface area contributed by atoms with Crippen LogP contribution in [0.4, 0.5) is 4.39 Å². The van der Waals surface area contributed by atoms with E-state index in [0.29, 0.717) is 5.92 Å².